The average molecular weight is 236 g/mol. The number of aryl methyl sites for hydroxylation is 1. The maximum Gasteiger partial charge on any atom is 0.120 e. The molecule has 2 heterocycles. The zero-order valence-electron chi connectivity index (χ0n) is 9.73. The number of thiazole rings is 1. The predicted octanol–water partition coefficient (Wildman–Crippen LogP) is 3.46. The van der Waals surface area contributed by atoms with E-state index >= 15 is 0 Å². The molecule has 0 saturated heterocycles. The summed E-state index contributed by atoms with van der Waals surface area (Å²) in [7, 11) is 0. The van der Waals surface area contributed by atoms with Gasteiger partial charge in [0.25, 0.3) is 0 Å². The summed E-state index contributed by atoms with van der Waals surface area (Å²) < 4.78 is 5.58. The monoisotopic (exact) mass is 236 g/mol. The molecule has 0 aromatic carbocycles. The van der Waals surface area contributed by atoms with E-state index in [2.05, 4.69) is 29.5 Å². The molecule has 0 amide bonds. The Balaban J connectivity index is 2.00. The molecule has 0 aliphatic carbocycles. The predicted molar refractivity (Wildman–Crippen MR) is 65.5 cm³/mol. The van der Waals surface area contributed by atoms with Crippen LogP contribution < -0.4 is 5.32 Å². The van der Waals surface area contributed by atoms with Crippen LogP contribution in [-0.4, -0.2) is 4.98 Å². The summed E-state index contributed by atoms with van der Waals surface area (Å²) in [6, 6.07) is 4.44. The van der Waals surface area contributed by atoms with Gasteiger partial charge in [-0.2, -0.15) is 0 Å². The van der Waals surface area contributed by atoms with Crippen LogP contribution in [0, 0.1) is 6.92 Å². The van der Waals surface area contributed by atoms with E-state index in [9.17, 15) is 0 Å². The fraction of sp³-hybridized carbons (Fsp3) is 0.417. The second-order valence-corrected chi connectivity index (χ2v) is 4.69. The Morgan fingerprint density at radius 3 is 2.69 bits per heavy atom. The first kappa shape index (κ1) is 11.4. The zero-order valence-corrected chi connectivity index (χ0v) is 10.5. The summed E-state index contributed by atoms with van der Waals surface area (Å²) in [6.45, 7) is 6.17. The molecule has 1 N–H and O–H groups in total. The van der Waals surface area contributed by atoms with Crippen LogP contribution >= 0.6 is 11.3 Å². The second-order valence-electron chi connectivity index (χ2n) is 3.97. The van der Waals surface area contributed by atoms with E-state index in [1.165, 1.54) is 0 Å². The maximum atomic E-state index is 5.58. The quantitative estimate of drug-likeness (QED) is 0.883. The third-order valence-electron chi connectivity index (χ3n) is 2.58. The van der Waals surface area contributed by atoms with Crippen molar-refractivity contribution in [1.82, 2.24) is 10.3 Å². The average Bonchev–Trinajstić information content (AvgIpc) is 2.87. The molecule has 2 aromatic rings. The topological polar surface area (TPSA) is 38.1 Å². The van der Waals surface area contributed by atoms with E-state index in [4.69, 9.17) is 4.42 Å². The Morgan fingerprint density at radius 1 is 1.31 bits per heavy atom. The highest BCUT2D eigenvalue weighted by molar-refractivity contribution is 7.07. The van der Waals surface area contributed by atoms with E-state index in [-0.39, 0.29) is 12.1 Å². The molecular weight excluding hydrogens is 220 g/mol. The van der Waals surface area contributed by atoms with Crippen molar-refractivity contribution in [3.63, 3.8) is 0 Å². The maximum absolute atomic E-state index is 5.58. The van der Waals surface area contributed by atoms with Crippen molar-refractivity contribution in [2.75, 3.05) is 0 Å². The Bertz CT molecular complexity index is 436. The van der Waals surface area contributed by atoms with Crippen molar-refractivity contribution < 1.29 is 4.42 Å². The van der Waals surface area contributed by atoms with Crippen LogP contribution in [0.2, 0.25) is 0 Å². The Hall–Kier alpha value is -1.13. The van der Waals surface area contributed by atoms with E-state index < -0.39 is 0 Å². The minimum atomic E-state index is 0.199. The molecule has 0 aliphatic heterocycles. The lowest BCUT2D eigenvalue weighted by Crippen LogP contribution is -2.22. The molecule has 86 valence electrons. The summed E-state index contributed by atoms with van der Waals surface area (Å²) in [5.74, 6) is 1.92. The van der Waals surface area contributed by atoms with Crippen LogP contribution in [0.3, 0.4) is 0 Å². The van der Waals surface area contributed by atoms with E-state index in [1.54, 1.807) is 11.3 Å². The van der Waals surface area contributed by atoms with Gasteiger partial charge in [0.05, 0.1) is 17.2 Å². The largest absolute Gasteiger partial charge is 0.465 e. The highest BCUT2D eigenvalue weighted by Crippen LogP contribution is 2.20. The van der Waals surface area contributed by atoms with Gasteiger partial charge < -0.3 is 4.42 Å². The first-order chi connectivity index (χ1) is 7.66. The van der Waals surface area contributed by atoms with Crippen molar-refractivity contribution in [3.8, 4) is 0 Å². The fourth-order valence-electron chi connectivity index (χ4n) is 1.66. The Kier molecular flexibility index (Phi) is 3.41. The first-order valence-electron chi connectivity index (χ1n) is 5.37. The van der Waals surface area contributed by atoms with E-state index in [0.29, 0.717) is 0 Å². The molecular formula is C12H16N2OS. The summed E-state index contributed by atoms with van der Waals surface area (Å²) in [4.78, 5) is 4.29. The van der Waals surface area contributed by atoms with Gasteiger partial charge in [0, 0.05) is 11.4 Å². The normalized spacial score (nSPS) is 14.9. The van der Waals surface area contributed by atoms with Gasteiger partial charge in [0.2, 0.25) is 0 Å². The Labute approximate surface area is 99.5 Å². The highest BCUT2D eigenvalue weighted by atomic mass is 32.1. The number of rotatable bonds is 4. The summed E-state index contributed by atoms with van der Waals surface area (Å²) >= 11 is 1.62. The van der Waals surface area contributed by atoms with Gasteiger partial charge >= 0.3 is 0 Å². The molecule has 2 aromatic heterocycles. The van der Waals surface area contributed by atoms with Crippen LogP contribution in [0.5, 0.6) is 0 Å². The molecule has 0 aliphatic rings. The number of nitrogens with one attached hydrogen (secondary N) is 1. The van der Waals surface area contributed by atoms with Crippen molar-refractivity contribution in [2.45, 2.75) is 32.9 Å². The number of aromatic nitrogens is 1. The number of furan rings is 1. The van der Waals surface area contributed by atoms with Crippen LogP contribution in [-0.2, 0) is 0 Å². The lowest BCUT2D eigenvalue weighted by atomic mass is 10.2. The van der Waals surface area contributed by atoms with Gasteiger partial charge in [0.15, 0.2) is 0 Å². The highest BCUT2D eigenvalue weighted by Gasteiger charge is 2.14. The number of nitrogens with zero attached hydrogens (tertiary/aromatic N) is 1. The molecule has 2 atom stereocenters. The second kappa shape index (κ2) is 4.80. The number of hydrogen-bond donors (Lipinski definition) is 1. The fourth-order valence-corrected chi connectivity index (χ4v) is 2.31. The standard InChI is InChI=1S/C12H16N2OS/c1-8-4-5-12(15-8)10(3)14-9(2)11-6-16-7-13-11/h4-7,9-10,14H,1-3H3. The molecule has 0 radical (unpaired) electrons. The lowest BCUT2D eigenvalue weighted by molar-refractivity contribution is 0.390. The van der Waals surface area contributed by atoms with Gasteiger partial charge in [0.1, 0.15) is 11.5 Å². The SMILES string of the molecule is Cc1ccc(C(C)NC(C)c2cscn2)o1. The Morgan fingerprint density at radius 2 is 2.12 bits per heavy atom. The molecule has 0 fully saturated rings. The zero-order chi connectivity index (χ0) is 11.5. The van der Waals surface area contributed by atoms with Gasteiger partial charge in [-0.25, -0.2) is 4.98 Å². The van der Waals surface area contributed by atoms with Crippen LogP contribution in [0.1, 0.15) is 43.1 Å². The van der Waals surface area contributed by atoms with Crippen molar-refractivity contribution in [3.05, 3.63) is 40.2 Å². The molecule has 0 spiro atoms. The smallest absolute Gasteiger partial charge is 0.120 e. The van der Waals surface area contributed by atoms with Crippen LogP contribution in [0.25, 0.3) is 0 Å². The molecule has 3 nitrogen and oxygen atoms in total. The molecule has 0 saturated carbocycles. The van der Waals surface area contributed by atoms with Gasteiger partial charge in [-0.1, -0.05) is 0 Å². The third kappa shape index (κ3) is 2.51. The molecule has 4 heteroatoms. The minimum absolute atomic E-state index is 0.199. The van der Waals surface area contributed by atoms with E-state index in [0.717, 1.165) is 17.2 Å². The van der Waals surface area contributed by atoms with Crippen molar-refractivity contribution in [2.24, 2.45) is 0 Å². The summed E-state index contributed by atoms with van der Waals surface area (Å²) in [6.07, 6.45) is 0. The van der Waals surface area contributed by atoms with Crippen molar-refractivity contribution >= 4 is 11.3 Å². The number of hydrogen-bond acceptors (Lipinski definition) is 4. The van der Waals surface area contributed by atoms with Gasteiger partial charge in [-0.3, -0.25) is 5.32 Å². The van der Waals surface area contributed by atoms with Crippen molar-refractivity contribution in [1.29, 1.82) is 0 Å². The lowest BCUT2D eigenvalue weighted by Gasteiger charge is -2.16. The minimum Gasteiger partial charge on any atom is -0.465 e. The molecule has 2 rings (SSSR count). The summed E-state index contributed by atoms with van der Waals surface area (Å²) in [5, 5.41) is 5.53. The third-order valence-corrected chi connectivity index (χ3v) is 3.19. The van der Waals surface area contributed by atoms with Gasteiger partial charge in [-0.05, 0) is 32.9 Å². The van der Waals surface area contributed by atoms with Gasteiger partial charge in [-0.15, -0.1) is 11.3 Å². The van der Waals surface area contributed by atoms with E-state index in [1.807, 2.05) is 24.6 Å². The summed E-state index contributed by atoms with van der Waals surface area (Å²) in [5.41, 5.74) is 2.94. The first-order valence-corrected chi connectivity index (χ1v) is 6.31. The van der Waals surface area contributed by atoms with Crippen LogP contribution in [0.15, 0.2) is 27.4 Å². The van der Waals surface area contributed by atoms with Crippen LogP contribution in [0.4, 0.5) is 0 Å². The molecule has 0 bridgehead atoms. The molecule has 2 unspecified atom stereocenters. The molecule has 16 heavy (non-hydrogen) atoms.